The Morgan fingerprint density at radius 1 is 1.15 bits per heavy atom. The molecule has 0 radical (unpaired) electrons. The van der Waals surface area contributed by atoms with Crippen LogP contribution in [0.3, 0.4) is 0 Å². The van der Waals surface area contributed by atoms with Gasteiger partial charge < -0.3 is 10.6 Å². The zero-order valence-corrected chi connectivity index (χ0v) is 16.0. The molecule has 9 heteroatoms. The van der Waals surface area contributed by atoms with Crippen LogP contribution in [0.15, 0.2) is 35.7 Å². The summed E-state index contributed by atoms with van der Waals surface area (Å²) in [7, 11) is -3.39. The zero-order valence-electron chi connectivity index (χ0n) is 14.4. The van der Waals surface area contributed by atoms with Crippen molar-refractivity contribution in [3.8, 4) is 0 Å². The number of thiazole rings is 1. The average Bonchev–Trinajstić information content (AvgIpc) is 3.11. The van der Waals surface area contributed by atoms with E-state index < -0.39 is 10.0 Å². The Hall–Kier alpha value is -1.81. The smallest absolute Gasteiger partial charge is 0.273 e. The minimum absolute atomic E-state index is 0.0175. The van der Waals surface area contributed by atoms with Crippen molar-refractivity contribution in [2.45, 2.75) is 12.2 Å². The first-order chi connectivity index (χ1) is 12.5. The summed E-state index contributed by atoms with van der Waals surface area (Å²) in [4.78, 5) is 18.5. The predicted octanol–water partition coefficient (Wildman–Crippen LogP) is 0.932. The highest BCUT2D eigenvalue weighted by molar-refractivity contribution is 7.88. The molecule has 0 aliphatic carbocycles. The maximum atomic E-state index is 12.6. The van der Waals surface area contributed by atoms with Gasteiger partial charge in [-0.3, -0.25) is 4.79 Å². The highest BCUT2D eigenvalue weighted by Gasteiger charge is 2.30. The molecule has 140 valence electrons. The Balaban J connectivity index is 1.58. The van der Waals surface area contributed by atoms with Crippen LogP contribution in [0.5, 0.6) is 0 Å². The number of hydrogen-bond acceptors (Lipinski definition) is 6. The fourth-order valence-electron chi connectivity index (χ4n) is 2.85. The fourth-order valence-corrected chi connectivity index (χ4v) is 5.16. The number of benzene rings is 1. The molecule has 1 fully saturated rings. The molecule has 2 heterocycles. The third-order valence-corrected chi connectivity index (χ3v) is 7.00. The zero-order chi connectivity index (χ0) is 18.6. The predicted molar refractivity (Wildman–Crippen MR) is 101 cm³/mol. The van der Waals surface area contributed by atoms with Crippen LogP contribution in [-0.2, 0) is 22.2 Å². The maximum absolute atomic E-state index is 12.6. The molecule has 0 unspecified atom stereocenters. The second kappa shape index (κ2) is 8.26. The first-order valence-electron chi connectivity index (χ1n) is 8.45. The number of nitrogens with two attached hydrogens (primary N) is 1. The summed E-state index contributed by atoms with van der Waals surface area (Å²) in [5.74, 6) is -0.166. The molecule has 1 aliphatic heterocycles. The summed E-state index contributed by atoms with van der Waals surface area (Å²) >= 11 is 1.43. The highest BCUT2D eigenvalue weighted by atomic mass is 32.2. The summed E-state index contributed by atoms with van der Waals surface area (Å²) in [5, 5.41) is 2.59. The molecule has 1 amide bonds. The minimum Gasteiger partial charge on any atom is -0.335 e. The lowest BCUT2D eigenvalue weighted by molar-refractivity contribution is 0.0692. The van der Waals surface area contributed by atoms with Gasteiger partial charge >= 0.3 is 0 Å². The van der Waals surface area contributed by atoms with Crippen LogP contribution in [0.1, 0.15) is 21.1 Å². The number of carbonyl (C=O) groups is 1. The van der Waals surface area contributed by atoms with Crippen LogP contribution < -0.4 is 5.73 Å². The third-order valence-electron chi connectivity index (χ3n) is 4.24. The van der Waals surface area contributed by atoms with Crippen molar-refractivity contribution >= 4 is 27.3 Å². The van der Waals surface area contributed by atoms with Gasteiger partial charge in [-0.25, -0.2) is 13.4 Å². The van der Waals surface area contributed by atoms with Crippen LogP contribution in [0.25, 0.3) is 0 Å². The summed E-state index contributed by atoms with van der Waals surface area (Å²) in [6, 6.07) is 9.12. The lowest BCUT2D eigenvalue weighted by atomic mass is 10.2. The van der Waals surface area contributed by atoms with E-state index in [2.05, 4.69) is 4.98 Å². The molecule has 2 aromatic rings. The molecule has 1 aromatic heterocycles. The third kappa shape index (κ3) is 4.47. The molecule has 1 aliphatic rings. The van der Waals surface area contributed by atoms with E-state index in [-0.39, 0.29) is 11.7 Å². The van der Waals surface area contributed by atoms with E-state index in [1.807, 2.05) is 18.2 Å². The van der Waals surface area contributed by atoms with Crippen LogP contribution >= 0.6 is 11.3 Å². The van der Waals surface area contributed by atoms with Gasteiger partial charge in [0.1, 0.15) is 5.69 Å². The van der Waals surface area contributed by atoms with Gasteiger partial charge in [0.05, 0.1) is 10.8 Å². The molecule has 7 nitrogen and oxygen atoms in total. The van der Waals surface area contributed by atoms with Crippen molar-refractivity contribution in [3.63, 3.8) is 0 Å². The largest absolute Gasteiger partial charge is 0.335 e. The normalized spacial score (nSPS) is 16.0. The molecule has 26 heavy (non-hydrogen) atoms. The van der Waals surface area contributed by atoms with Gasteiger partial charge in [0.25, 0.3) is 5.91 Å². The van der Waals surface area contributed by atoms with Gasteiger partial charge in [-0.05, 0) is 12.1 Å². The topological polar surface area (TPSA) is 96.6 Å². The second-order valence-corrected chi connectivity index (χ2v) is 9.01. The number of aromatic nitrogens is 1. The van der Waals surface area contributed by atoms with Crippen molar-refractivity contribution in [2.24, 2.45) is 5.73 Å². The Morgan fingerprint density at radius 2 is 1.85 bits per heavy atom. The van der Waals surface area contributed by atoms with E-state index in [0.717, 1.165) is 10.6 Å². The molecular weight excluding hydrogens is 372 g/mol. The number of sulfonamides is 1. The Bertz CT molecular complexity index is 844. The van der Waals surface area contributed by atoms with Crippen molar-refractivity contribution in [1.82, 2.24) is 14.2 Å². The van der Waals surface area contributed by atoms with Crippen molar-refractivity contribution < 1.29 is 13.2 Å². The van der Waals surface area contributed by atoms with E-state index in [1.165, 1.54) is 15.6 Å². The molecular formula is C17H22N4O3S2. The van der Waals surface area contributed by atoms with Gasteiger partial charge in [-0.2, -0.15) is 4.31 Å². The summed E-state index contributed by atoms with van der Waals surface area (Å²) in [5.41, 5.74) is 6.69. The van der Waals surface area contributed by atoms with Crippen LogP contribution in [0.4, 0.5) is 0 Å². The van der Waals surface area contributed by atoms with Gasteiger partial charge in [-0.15, -0.1) is 11.3 Å². The standard InChI is InChI=1S/C17H22N4O3S2/c18-7-6-16-19-15(12-25-16)17(22)20-8-10-21(11-9-20)26(23,24)13-14-4-2-1-3-5-14/h1-5,12H,6-11,13,18H2. The maximum Gasteiger partial charge on any atom is 0.273 e. The molecule has 1 saturated heterocycles. The number of nitrogens with zero attached hydrogens (tertiary/aromatic N) is 3. The van der Waals surface area contributed by atoms with Crippen molar-refractivity contribution in [2.75, 3.05) is 32.7 Å². The van der Waals surface area contributed by atoms with E-state index in [0.29, 0.717) is 44.8 Å². The lowest BCUT2D eigenvalue weighted by Gasteiger charge is -2.33. The monoisotopic (exact) mass is 394 g/mol. The first-order valence-corrected chi connectivity index (χ1v) is 10.9. The highest BCUT2D eigenvalue weighted by Crippen LogP contribution is 2.17. The number of piperazine rings is 1. The molecule has 3 rings (SSSR count). The quantitative estimate of drug-likeness (QED) is 0.786. The van der Waals surface area contributed by atoms with Crippen LogP contribution in [0, 0.1) is 0 Å². The molecule has 1 aromatic carbocycles. The van der Waals surface area contributed by atoms with E-state index >= 15 is 0 Å². The fraction of sp³-hybridized carbons (Fsp3) is 0.412. The van der Waals surface area contributed by atoms with Gasteiger partial charge in [-0.1, -0.05) is 30.3 Å². The SMILES string of the molecule is NCCc1nc(C(=O)N2CCN(S(=O)(=O)Cc3ccccc3)CC2)cs1. The summed E-state index contributed by atoms with van der Waals surface area (Å²) in [6.07, 6.45) is 0.656. The van der Waals surface area contributed by atoms with Crippen LogP contribution in [-0.4, -0.2) is 61.2 Å². The van der Waals surface area contributed by atoms with Crippen LogP contribution in [0.2, 0.25) is 0 Å². The molecule has 2 N–H and O–H groups in total. The molecule has 0 bridgehead atoms. The summed E-state index contributed by atoms with van der Waals surface area (Å²) < 4.78 is 26.6. The minimum atomic E-state index is -3.39. The molecule has 0 atom stereocenters. The van der Waals surface area contributed by atoms with Crippen molar-refractivity contribution in [1.29, 1.82) is 0 Å². The van der Waals surface area contributed by atoms with Gasteiger partial charge in [0, 0.05) is 38.0 Å². The number of hydrogen-bond donors (Lipinski definition) is 1. The second-order valence-electron chi connectivity index (χ2n) is 6.10. The number of amides is 1. The Labute approximate surface area is 157 Å². The summed E-state index contributed by atoms with van der Waals surface area (Å²) in [6.45, 7) is 1.85. The number of rotatable bonds is 6. The molecule has 0 spiro atoms. The van der Waals surface area contributed by atoms with E-state index in [4.69, 9.17) is 5.73 Å². The number of carbonyl (C=O) groups excluding carboxylic acids is 1. The Morgan fingerprint density at radius 3 is 2.50 bits per heavy atom. The van der Waals surface area contributed by atoms with E-state index in [1.54, 1.807) is 22.4 Å². The van der Waals surface area contributed by atoms with Gasteiger partial charge in [0.15, 0.2) is 0 Å². The average molecular weight is 395 g/mol. The van der Waals surface area contributed by atoms with Gasteiger partial charge in [0.2, 0.25) is 10.0 Å². The first kappa shape index (κ1) is 19.0. The van der Waals surface area contributed by atoms with Crippen molar-refractivity contribution in [3.05, 3.63) is 52.0 Å². The van der Waals surface area contributed by atoms with E-state index in [9.17, 15) is 13.2 Å². The Kier molecular flexibility index (Phi) is 6.02. The lowest BCUT2D eigenvalue weighted by Crippen LogP contribution is -2.50. The molecule has 0 saturated carbocycles.